The van der Waals surface area contributed by atoms with E-state index in [2.05, 4.69) is 4.98 Å². The van der Waals surface area contributed by atoms with Crippen LogP contribution < -0.4 is 9.64 Å². The Morgan fingerprint density at radius 2 is 2.06 bits per heavy atom. The zero-order chi connectivity index (χ0) is 23.9. The maximum absolute atomic E-state index is 14.0. The van der Waals surface area contributed by atoms with Gasteiger partial charge in [0.05, 0.1) is 42.5 Å². The molecule has 0 bridgehead atoms. The molecule has 2 atom stereocenters. The number of anilines is 1. The zero-order valence-electron chi connectivity index (χ0n) is 17.5. The Morgan fingerprint density at radius 3 is 2.73 bits per heavy atom. The Morgan fingerprint density at radius 1 is 1.30 bits per heavy atom. The number of methoxy groups -OCH3 is 1. The van der Waals surface area contributed by atoms with Gasteiger partial charge in [0.1, 0.15) is 5.25 Å². The first-order valence-corrected chi connectivity index (χ1v) is 11.1. The van der Waals surface area contributed by atoms with Crippen LogP contribution in [-0.4, -0.2) is 46.8 Å². The highest BCUT2D eigenvalue weighted by molar-refractivity contribution is 8.09. The van der Waals surface area contributed by atoms with Crippen molar-refractivity contribution in [3.8, 4) is 11.8 Å². The number of nitriles is 1. The molecule has 2 aliphatic rings. The fourth-order valence-electron chi connectivity index (χ4n) is 3.76. The van der Waals surface area contributed by atoms with E-state index in [9.17, 15) is 18.4 Å². The maximum atomic E-state index is 14.0. The Bertz CT molecular complexity index is 1230. The van der Waals surface area contributed by atoms with E-state index < -0.39 is 35.0 Å². The molecular weight excluding hydrogens is 474 g/mol. The van der Waals surface area contributed by atoms with Gasteiger partial charge in [-0.3, -0.25) is 4.79 Å². The molecule has 7 nitrogen and oxygen atoms in total. The van der Waals surface area contributed by atoms with E-state index in [-0.39, 0.29) is 35.0 Å². The van der Waals surface area contributed by atoms with Gasteiger partial charge < -0.3 is 9.64 Å². The standard InChI is InChI=1S/C22H17ClF2N4O3S/c1-11-6-12(10-27-20(11)25)29-21(30)19-16(28(22(29)31)5-3-4-26)9-18(33-19)13-7-17(32-2)15(24)8-14(13)23/h6-10,16,19H,3,5H2,1-2H3. The summed E-state index contributed by atoms with van der Waals surface area (Å²) in [6.07, 6.45) is 2.89. The van der Waals surface area contributed by atoms with Gasteiger partial charge in [0, 0.05) is 22.6 Å². The number of pyridine rings is 1. The molecule has 1 saturated heterocycles. The predicted molar refractivity (Wildman–Crippen MR) is 120 cm³/mol. The number of hydrogen-bond donors (Lipinski definition) is 0. The van der Waals surface area contributed by atoms with Gasteiger partial charge in [0.15, 0.2) is 11.6 Å². The van der Waals surface area contributed by atoms with E-state index in [0.717, 1.165) is 17.2 Å². The number of fused-ring (bicyclic) bond motifs is 1. The molecule has 2 aliphatic heterocycles. The molecule has 2 unspecified atom stereocenters. The second kappa shape index (κ2) is 9.00. The average Bonchev–Trinajstić information content (AvgIpc) is 3.21. The number of ether oxygens (including phenoxy) is 1. The number of rotatable bonds is 5. The summed E-state index contributed by atoms with van der Waals surface area (Å²) < 4.78 is 32.7. The van der Waals surface area contributed by atoms with Crippen LogP contribution in [0.3, 0.4) is 0 Å². The summed E-state index contributed by atoms with van der Waals surface area (Å²) in [5, 5.41) is 8.45. The smallest absolute Gasteiger partial charge is 0.332 e. The fraction of sp³-hybridized carbons (Fsp3) is 0.273. The van der Waals surface area contributed by atoms with Gasteiger partial charge in [-0.25, -0.2) is 19.1 Å². The monoisotopic (exact) mass is 490 g/mol. The minimum atomic E-state index is -0.742. The number of halogens is 3. The number of carbonyl (C=O) groups is 2. The third-order valence-electron chi connectivity index (χ3n) is 5.38. The number of nitrogens with zero attached hydrogens (tertiary/aromatic N) is 4. The van der Waals surface area contributed by atoms with Crippen LogP contribution in [0, 0.1) is 30.0 Å². The summed E-state index contributed by atoms with van der Waals surface area (Å²) in [6.45, 7) is 1.56. The van der Waals surface area contributed by atoms with Crippen LogP contribution in [0.15, 0.2) is 30.5 Å². The summed E-state index contributed by atoms with van der Waals surface area (Å²) in [7, 11) is 1.33. The average molecular weight is 491 g/mol. The van der Waals surface area contributed by atoms with Crippen LogP contribution in [-0.2, 0) is 4.79 Å². The molecule has 3 amide bonds. The Labute approximate surface area is 197 Å². The number of carbonyl (C=O) groups excluding carboxylic acids is 2. The molecule has 4 rings (SSSR count). The topological polar surface area (TPSA) is 86.5 Å². The summed E-state index contributed by atoms with van der Waals surface area (Å²) in [4.78, 5) is 33.3. The largest absolute Gasteiger partial charge is 0.494 e. The van der Waals surface area contributed by atoms with Gasteiger partial charge in [0.25, 0.3) is 5.91 Å². The lowest BCUT2D eigenvalue weighted by Crippen LogP contribution is -2.62. The van der Waals surface area contributed by atoms with E-state index >= 15 is 0 Å². The van der Waals surface area contributed by atoms with Crippen molar-refractivity contribution in [2.24, 2.45) is 0 Å². The minimum Gasteiger partial charge on any atom is -0.494 e. The van der Waals surface area contributed by atoms with E-state index in [1.54, 1.807) is 6.08 Å². The van der Waals surface area contributed by atoms with Crippen molar-refractivity contribution in [1.82, 2.24) is 9.88 Å². The fourth-order valence-corrected chi connectivity index (χ4v) is 5.43. The van der Waals surface area contributed by atoms with E-state index in [4.69, 9.17) is 21.6 Å². The molecular formula is C22H17ClF2N4O3S. The van der Waals surface area contributed by atoms with Gasteiger partial charge in [-0.2, -0.15) is 9.65 Å². The van der Waals surface area contributed by atoms with Gasteiger partial charge in [0.2, 0.25) is 5.95 Å². The number of imide groups is 1. The number of hydrogen-bond acceptors (Lipinski definition) is 6. The van der Waals surface area contributed by atoms with Crippen LogP contribution in [0.5, 0.6) is 5.75 Å². The van der Waals surface area contributed by atoms with Crippen molar-refractivity contribution in [2.75, 3.05) is 18.6 Å². The quantitative estimate of drug-likeness (QED) is 0.572. The molecule has 0 aliphatic carbocycles. The first-order valence-electron chi connectivity index (χ1n) is 9.82. The molecule has 2 aromatic rings. The number of aromatic nitrogens is 1. The molecule has 11 heteroatoms. The summed E-state index contributed by atoms with van der Waals surface area (Å²) >= 11 is 7.44. The Hall–Kier alpha value is -3.16. The lowest BCUT2D eigenvalue weighted by molar-refractivity contribution is -0.119. The van der Waals surface area contributed by atoms with Crippen molar-refractivity contribution >= 4 is 45.9 Å². The van der Waals surface area contributed by atoms with Crippen LogP contribution >= 0.6 is 23.4 Å². The third-order valence-corrected chi connectivity index (χ3v) is 7.03. The lowest BCUT2D eigenvalue weighted by Gasteiger charge is -2.40. The summed E-state index contributed by atoms with van der Waals surface area (Å²) in [5.41, 5.74) is 0.780. The van der Waals surface area contributed by atoms with Crippen molar-refractivity contribution in [2.45, 2.75) is 24.6 Å². The number of urea groups is 1. The van der Waals surface area contributed by atoms with Crippen molar-refractivity contribution in [3.63, 3.8) is 0 Å². The van der Waals surface area contributed by atoms with Crippen molar-refractivity contribution in [1.29, 1.82) is 5.26 Å². The van der Waals surface area contributed by atoms with E-state index in [1.165, 1.54) is 42.8 Å². The van der Waals surface area contributed by atoms with Gasteiger partial charge in [-0.15, -0.1) is 11.8 Å². The van der Waals surface area contributed by atoms with E-state index in [0.29, 0.717) is 10.5 Å². The number of aryl methyl sites for hydroxylation is 1. The third kappa shape index (κ3) is 4.03. The molecule has 0 radical (unpaired) electrons. The second-order valence-electron chi connectivity index (χ2n) is 7.39. The Balaban J connectivity index is 1.75. The lowest BCUT2D eigenvalue weighted by atomic mass is 10.0. The van der Waals surface area contributed by atoms with Gasteiger partial charge >= 0.3 is 6.03 Å². The van der Waals surface area contributed by atoms with Crippen LogP contribution in [0.2, 0.25) is 5.02 Å². The first kappa shape index (κ1) is 23.0. The van der Waals surface area contributed by atoms with Crippen molar-refractivity contribution < 1.29 is 23.1 Å². The zero-order valence-corrected chi connectivity index (χ0v) is 19.1. The van der Waals surface area contributed by atoms with Gasteiger partial charge in [-0.05, 0) is 31.2 Å². The normalized spacial score (nSPS) is 19.9. The van der Waals surface area contributed by atoms with Crippen molar-refractivity contribution in [3.05, 3.63) is 58.4 Å². The molecule has 0 saturated carbocycles. The first-order chi connectivity index (χ1) is 15.8. The molecule has 3 heterocycles. The van der Waals surface area contributed by atoms with Crippen LogP contribution in [0.1, 0.15) is 17.5 Å². The van der Waals surface area contributed by atoms with Gasteiger partial charge in [-0.1, -0.05) is 11.6 Å². The highest BCUT2D eigenvalue weighted by Gasteiger charge is 2.49. The second-order valence-corrected chi connectivity index (χ2v) is 8.98. The molecule has 0 spiro atoms. The van der Waals surface area contributed by atoms with Crippen LogP contribution in [0.4, 0.5) is 19.3 Å². The highest BCUT2D eigenvalue weighted by Crippen LogP contribution is 2.47. The molecule has 1 fully saturated rings. The minimum absolute atomic E-state index is 0.0102. The molecule has 1 aromatic carbocycles. The molecule has 1 aromatic heterocycles. The summed E-state index contributed by atoms with van der Waals surface area (Å²) in [6, 6.07) is 4.66. The Kier molecular flexibility index (Phi) is 6.28. The predicted octanol–water partition coefficient (Wildman–Crippen LogP) is 4.54. The number of amides is 3. The SMILES string of the molecule is COc1cc(C2=CC3C(S2)C(=O)N(c2cnc(F)c(C)c2)C(=O)N3CCC#N)c(Cl)cc1F. The molecule has 170 valence electrons. The molecule has 33 heavy (non-hydrogen) atoms. The van der Waals surface area contributed by atoms with E-state index in [1.807, 2.05) is 6.07 Å². The number of benzene rings is 1. The van der Waals surface area contributed by atoms with Crippen LogP contribution in [0.25, 0.3) is 4.91 Å². The number of thioether (sulfide) groups is 1. The molecule has 0 N–H and O–H groups in total. The highest BCUT2D eigenvalue weighted by atomic mass is 35.5. The summed E-state index contributed by atoms with van der Waals surface area (Å²) in [5.74, 6) is -1.84. The maximum Gasteiger partial charge on any atom is 0.332 e.